The molecule has 7 heteroatoms. The van der Waals surface area contributed by atoms with Crippen molar-refractivity contribution in [2.75, 3.05) is 7.05 Å². The fraction of sp³-hybridized carbons (Fsp3) is 0.500. The predicted molar refractivity (Wildman–Crippen MR) is 60.3 cm³/mol. The highest BCUT2D eigenvalue weighted by molar-refractivity contribution is 5.82. The van der Waals surface area contributed by atoms with Crippen molar-refractivity contribution in [3.63, 3.8) is 0 Å². The van der Waals surface area contributed by atoms with Crippen LogP contribution in [0.15, 0.2) is 12.4 Å². The zero-order valence-electron chi connectivity index (χ0n) is 9.80. The van der Waals surface area contributed by atoms with Crippen molar-refractivity contribution < 1.29 is 14.7 Å². The van der Waals surface area contributed by atoms with Crippen molar-refractivity contribution in [2.45, 2.75) is 25.9 Å². The van der Waals surface area contributed by atoms with Crippen LogP contribution >= 0.6 is 0 Å². The first-order valence-electron chi connectivity index (χ1n) is 5.26. The molecular weight excluding hydrogens is 224 g/mol. The highest BCUT2D eigenvalue weighted by atomic mass is 16.4. The zero-order valence-corrected chi connectivity index (χ0v) is 9.80. The van der Waals surface area contributed by atoms with Gasteiger partial charge in [0.15, 0.2) is 0 Å². The van der Waals surface area contributed by atoms with Crippen LogP contribution in [0.3, 0.4) is 0 Å². The fourth-order valence-electron chi connectivity index (χ4n) is 1.31. The van der Waals surface area contributed by atoms with Gasteiger partial charge in [-0.05, 0) is 6.42 Å². The Bertz CT molecular complexity index is 377. The standard InChI is InChI=1S/C10H16N4O3/c1-3-8(9(15)16)13-10(17)14(2)6-7-4-11-12-5-7/h4-5,8H,3,6H2,1-2H3,(H,11,12)(H,13,17)(H,15,16). The smallest absolute Gasteiger partial charge is 0.326 e. The molecular formula is C10H16N4O3. The minimum atomic E-state index is -1.03. The number of carboxylic acid groups (broad SMARTS) is 1. The molecule has 1 atom stereocenters. The van der Waals surface area contributed by atoms with Crippen molar-refractivity contribution in [3.8, 4) is 0 Å². The van der Waals surface area contributed by atoms with Crippen LogP contribution in [0.2, 0.25) is 0 Å². The van der Waals surface area contributed by atoms with Gasteiger partial charge < -0.3 is 15.3 Å². The summed E-state index contributed by atoms with van der Waals surface area (Å²) in [5.41, 5.74) is 0.853. The molecule has 0 aliphatic carbocycles. The Morgan fingerprint density at radius 2 is 2.35 bits per heavy atom. The molecule has 0 saturated carbocycles. The number of aromatic nitrogens is 2. The van der Waals surface area contributed by atoms with Gasteiger partial charge >= 0.3 is 12.0 Å². The lowest BCUT2D eigenvalue weighted by atomic mass is 10.2. The van der Waals surface area contributed by atoms with Crippen LogP contribution in [-0.2, 0) is 11.3 Å². The molecule has 0 aliphatic heterocycles. The van der Waals surface area contributed by atoms with Crippen LogP contribution in [0.1, 0.15) is 18.9 Å². The molecule has 0 bridgehead atoms. The summed E-state index contributed by atoms with van der Waals surface area (Å²) in [6.45, 7) is 2.08. The van der Waals surface area contributed by atoms with Gasteiger partial charge in [-0.15, -0.1) is 0 Å². The maximum absolute atomic E-state index is 11.7. The van der Waals surface area contributed by atoms with E-state index in [9.17, 15) is 9.59 Å². The molecule has 0 radical (unpaired) electrons. The summed E-state index contributed by atoms with van der Waals surface area (Å²) in [5.74, 6) is -1.03. The van der Waals surface area contributed by atoms with Gasteiger partial charge in [-0.3, -0.25) is 5.10 Å². The molecule has 0 aliphatic rings. The molecule has 1 unspecified atom stereocenters. The van der Waals surface area contributed by atoms with Crippen LogP contribution in [0.4, 0.5) is 4.79 Å². The number of carbonyl (C=O) groups excluding carboxylic acids is 1. The number of rotatable bonds is 5. The van der Waals surface area contributed by atoms with Gasteiger partial charge in [-0.1, -0.05) is 6.92 Å². The highest BCUT2D eigenvalue weighted by Crippen LogP contribution is 2.01. The van der Waals surface area contributed by atoms with Crippen LogP contribution in [0, 0.1) is 0 Å². The Morgan fingerprint density at radius 3 is 2.82 bits per heavy atom. The average molecular weight is 240 g/mol. The Balaban J connectivity index is 2.49. The number of aliphatic carboxylic acids is 1. The molecule has 0 spiro atoms. The maximum Gasteiger partial charge on any atom is 0.326 e. The second kappa shape index (κ2) is 5.88. The minimum Gasteiger partial charge on any atom is -0.480 e. The van der Waals surface area contributed by atoms with Gasteiger partial charge in [0.25, 0.3) is 0 Å². The van der Waals surface area contributed by atoms with Crippen LogP contribution in [-0.4, -0.2) is 45.3 Å². The normalized spacial score (nSPS) is 11.9. The maximum atomic E-state index is 11.7. The number of hydrogen-bond donors (Lipinski definition) is 3. The van der Waals surface area contributed by atoms with Crippen molar-refractivity contribution in [3.05, 3.63) is 18.0 Å². The first-order chi connectivity index (χ1) is 8.04. The molecule has 94 valence electrons. The molecule has 0 aromatic carbocycles. The number of urea groups is 1. The SMILES string of the molecule is CCC(NC(=O)N(C)Cc1cn[nH]c1)C(=O)O. The van der Waals surface area contributed by atoms with Crippen molar-refractivity contribution in [2.24, 2.45) is 0 Å². The molecule has 3 N–H and O–H groups in total. The molecule has 1 heterocycles. The summed E-state index contributed by atoms with van der Waals surface area (Å²) >= 11 is 0. The van der Waals surface area contributed by atoms with E-state index in [1.807, 2.05) is 0 Å². The van der Waals surface area contributed by atoms with E-state index in [4.69, 9.17) is 5.11 Å². The average Bonchev–Trinajstić information content (AvgIpc) is 2.77. The van der Waals surface area contributed by atoms with E-state index in [1.54, 1.807) is 26.4 Å². The van der Waals surface area contributed by atoms with Gasteiger partial charge in [0.2, 0.25) is 0 Å². The number of hydrogen-bond acceptors (Lipinski definition) is 3. The van der Waals surface area contributed by atoms with Crippen LogP contribution in [0.5, 0.6) is 0 Å². The van der Waals surface area contributed by atoms with E-state index in [0.717, 1.165) is 5.56 Å². The lowest BCUT2D eigenvalue weighted by molar-refractivity contribution is -0.139. The van der Waals surface area contributed by atoms with E-state index >= 15 is 0 Å². The third-order valence-corrected chi connectivity index (χ3v) is 2.33. The lowest BCUT2D eigenvalue weighted by Gasteiger charge is -2.20. The molecule has 17 heavy (non-hydrogen) atoms. The molecule has 0 saturated heterocycles. The lowest BCUT2D eigenvalue weighted by Crippen LogP contribution is -2.46. The number of H-pyrrole nitrogens is 1. The Kier molecular flexibility index (Phi) is 4.50. The van der Waals surface area contributed by atoms with E-state index in [0.29, 0.717) is 13.0 Å². The van der Waals surface area contributed by atoms with Gasteiger partial charge in [0, 0.05) is 18.8 Å². The molecule has 1 rings (SSSR count). The number of nitrogens with zero attached hydrogens (tertiary/aromatic N) is 2. The number of carboxylic acids is 1. The summed E-state index contributed by atoms with van der Waals surface area (Å²) in [6, 6.07) is -1.27. The van der Waals surface area contributed by atoms with E-state index < -0.39 is 18.0 Å². The Morgan fingerprint density at radius 1 is 1.65 bits per heavy atom. The van der Waals surface area contributed by atoms with Crippen LogP contribution < -0.4 is 5.32 Å². The summed E-state index contributed by atoms with van der Waals surface area (Å²) < 4.78 is 0. The number of amides is 2. The molecule has 2 amide bonds. The summed E-state index contributed by atoms with van der Waals surface area (Å²) in [7, 11) is 1.59. The topological polar surface area (TPSA) is 98.3 Å². The van der Waals surface area contributed by atoms with Gasteiger partial charge in [0.05, 0.1) is 12.7 Å². The molecule has 0 fully saturated rings. The first-order valence-corrected chi connectivity index (χ1v) is 5.26. The number of aromatic amines is 1. The van der Waals surface area contributed by atoms with E-state index in [2.05, 4.69) is 15.5 Å². The van der Waals surface area contributed by atoms with Gasteiger partial charge in [0.1, 0.15) is 6.04 Å². The van der Waals surface area contributed by atoms with Crippen molar-refractivity contribution in [1.82, 2.24) is 20.4 Å². The third-order valence-electron chi connectivity index (χ3n) is 2.33. The van der Waals surface area contributed by atoms with E-state index in [-0.39, 0.29) is 0 Å². The van der Waals surface area contributed by atoms with Gasteiger partial charge in [-0.25, -0.2) is 9.59 Å². The second-order valence-corrected chi connectivity index (χ2v) is 3.71. The largest absolute Gasteiger partial charge is 0.480 e. The fourth-order valence-corrected chi connectivity index (χ4v) is 1.31. The Labute approximate surface area is 98.8 Å². The number of carbonyl (C=O) groups is 2. The van der Waals surface area contributed by atoms with E-state index in [1.165, 1.54) is 4.90 Å². The third kappa shape index (κ3) is 3.78. The zero-order chi connectivity index (χ0) is 12.8. The second-order valence-electron chi connectivity index (χ2n) is 3.71. The predicted octanol–water partition coefficient (Wildman–Crippen LogP) is 0.414. The summed E-state index contributed by atoms with van der Waals surface area (Å²) in [4.78, 5) is 23.8. The van der Waals surface area contributed by atoms with Crippen LogP contribution in [0.25, 0.3) is 0 Å². The van der Waals surface area contributed by atoms with Gasteiger partial charge in [-0.2, -0.15) is 5.10 Å². The molecule has 7 nitrogen and oxygen atoms in total. The quantitative estimate of drug-likeness (QED) is 0.694. The highest BCUT2D eigenvalue weighted by Gasteiger charge is 2.19. The summed E-state index contributed by atoms with van der Waals surface area (Å²) in [5, 5.41) is 17.7. The Hall–Kier alpha value is -2.05. The minimum absolute atomic E-state index is 0.348. The first kappa shape index (κ1) is 13.0. The monoisotopic (exact) mass is 240 g/mol. The van der Waals surface area contributed by atoms with Crippen molar-refractivity contribution >= 4 is 12.0 Å². The summed E-state index contributed by atoms with van der Waals surface area (Å²) in [6.07, 6.45) is 3.64. The van der Waals surface area contributed by atoms with Crippen molar-refractivity contribution in [1.29, 1.82) is 0 Å². The number of nitrogens with one attached hydrogen (secondary N) is 2. The molecule has 1 aromatic rings. The molecule has 1 aromatic heterocycles.